The molecule has 0 radical (unpaired) electrons. The molecule has 1 saturated carbocycles. The number of rotatable bonds is 22. The van der Waals surface area contributed by atoms with Gasteiger partial charge in [-0.3, -0.25) is 14.4 Å². The highest BCUT2D eigenvalue weighted by molar-refractivity contribution is 5.98. The van der Waals surface area contributed by atoms with Crippen LogP contribution < -0.4 is 9.80 Å². The van der Waals surface area contributed by atoms with Gasteiger partial charge in [0.05, 0.1) is 89.9 Å². The highest BCUT2D eigenvalue weighted by Crippen LogP contribution is 2.45. The summed E-state index contributed by atoms with van der Waals surface area (Å²) in [6.07, 6.45) is 5.32. The van der Waals surface area contributed by atoms with Gasteiger partial charge in [-0.05, 0) is 80.3 Å². The lowest BCUT2D eigenvalue weighted by atomic mass is 9.95. The second-order valence-corrected chi connectivity index (χ2v) is 15.5. The molecule has 2 amide bonds. The van der Waals surface area contributed by atoms with Crippen LogP contribution in [0.1, 0.15) is 70.1 Å². The molecule has 13 heteroatoms. The van der Waals surface area contributed by atoms with Gasteiger partial charge in [-0.2, -0.15) is 0 Å². The summed E-state index contributed by atoms with van der Waals surface area (Å²) in [7, 11) is 0. The number of benzene rings is 2. The number of nitrogens with zero attached hydrogens (tertiary/aromatic N) is 3. The van der Waals surface area contributed by atoms with Gasteiger partial charge >= 0.3 is 5.97 Å². The molecule has 1 atom stereocenters. The number of hydrogen-bond acceptors (Lipinski definition) is 11. The van der Waals surface area contributed by atoms with Gasteiger partial charge in [0.15, 0.2) is 0 Å². The van der Waals surface area contributed by atoms with E-state index in [1.54, 1.807) is 6.92 Å². The van der Waals surface area contributed by atoms with Crippen LogP contribution in [0.3, 0.4) is 0 Å². The van der Waals surface area contributed by atoms with Crippen LogP contribution in [-0.4, -0.2) is 125 Å². The Morgan fingerprint density at radius 1 is 0.804 bits per heavy atom. The third-order valence-electron chi connectivity index (χ3n) is 9.99. The van der Waals surface area contributed by atoms with Crippen LogP contribution in [-0.2, 0) is 56.0 Å². The van der Waals surface area contributed by atoms with E-state index < -0.39 is 5.60 Å². The van der Waals surface area contributed by atoms with Crippen LogP contribution in [0.5, 0.6) is 0 Å². The lowest BCUT2D eigenvalue weighted by Crippen LogP contribution is -2.52. The number of aliphatic hydroxyl groups excluding tert-OH is 1. The van der Waals surface area contributed by atoms with Gasteiger partial charge in [0, 0.05) is 33.1 Å². The van der Waals surface area contributed by atoms with Gasteiger partial charge < -0.3 is 48.2 Å². The average Bonchev–Trinajstić information content (AvgIpc) is 4.03. The maximum absolute atomic E-state index is 13.0. The van der Waals surface area contributed by atoms with Gasteiger partial charge in [-0.1, -0.05) is 36.4 Å². The summed E-state index contributed by atoms with van der Waals surface area (Å²) in [4.78, 5) is 43.7. The van der Waals surface area contributed by atoms with Crippen molar-refractivity contribution < 1.29 is 47.9 Å². The standard InChI is InChI=1S/C43H61N3O10/c1-32(48)46-38-12-11-35(27-39(38)45(29-40(46)34-9-10-34)28-36-7-5-6-8-37(36)30-47)33-13-16-44(17-14-33)41(49)31-55-26-25-54-24-23-53-22-21-52-20-19-51-18-15-42(50)56-43(2,3)4/h5-8,11-13,27,34,40,47H,9-10,14-26,28-31H2,1-4H3/t40-/m1/s1. The minimum Gasteiger partial charge on any atom is -0.460 e. The van der Waals surface area contributed by atoms with Gasteiger partial charge in [0.25, 0.3) is 0 Å². The Kier molecular flexibility index (Phi) is 16.7. The maximum Gasteiger partial charge on any atom is 0.308 e. The lowest BCUT2D eigenvalue weighted by Gasteiger charge is -2.44. The van der Waals surface area contributed by atoms with E-state index in [1.165, 1.54) is 5.57 Å². The van der Waals surface area contributed by atoms with Crippen molar-refractivity contribution in [3.63, 3.8) is 0 Å². The molecule has 0 unspecified atom stereocenters. The smallest absolute Gasteiger partial charge is 0.308 e. The molecule has 1 aliphatic carbocycles. The number of fused-ring (bicyclic) bond motifs is 1. The maximum atomic E-state index is 13.0. The van der Waals surface area contributed by atoms with Crippen molar-refractivity contribution in [2.24, 2.45) is 5.92 Å². The van der Waals surface area contributed by atoms with Crippen molar-refractivity contribution in [2.75, 3.05) is 95.5 Å². The first-order valence-corrected chi connectivity index (χ1v) is 20.0. The molecule has 0 spiro atoms. The van der Waals surface area contributed by atoms with E-state index in [-0.39, 0.29) is 43.5 Å². The summed E-state index contributed by atoms with van der Waals surface area (Å²) < 4.78 is 32.8. The molecule has 2 heterocycles. The van der Waals surface area contributed by atoms with E-state index in [2.05, 4.69) is 35.2 Å². The molecule has 3 aliphatic rings. The van der Waals surface area contributed by atoms with Crippen LogP contribution >= 0.6 is 0 Å². The third-order valence-corrected chi connectivity index (χ3v) is 9.99. The number of carbonyl (C=O) groups is 3. The van der Waals surface area contributed by atoms with E-state index >= 15 is 0 Å². The fourth-order valence-electron chi connectivity index (χ4n) is 7.07. The van der Waals surface area contributed by atoms with Crippen molar-refractivity contribution in [3.8, 4) is 0 Å². The largest absolute Gasteiger partial charge is 0.460 e. The summed E-state index contributed by atoms with van der Waals surface area (Å²) in [6, 6.07) is 14.5. The molecule has 5 rings (SSSR count). The Bertz CT molecular complexity index is 1620. The fourth-order valence-corrected chi connectivity index (χ4v) is 7.07. The van der Waals surface area contributed by atoms with Crippen molar-refractivity contribution in [1.29, 1.82) is 0 Å². The SMILES string of the molecule is CC(=O)N1c2ccc(C3=CCN(C(=O)COCCOCCOCCOCCOCCC(=O)OC(C)(C)C)CC3)cc2N(Cc2ccccc2CO)C[C@@H]1C1CC1. The molecule has 56 heavy (non-hydrogen) atoms. The predicted octanol–water partition coefficient (Wildman–Crippen LogP) is 4.76. The summed E-state index contributed by atoms with van der Waals surface area (Å²) in [5.41, 5.74) is 5.73. The summed E-state index contributed by atoms with van der Waals surface area (Å²) in [5.74, 6) is 0.232. The topological polar surface area (TPSA) is 137 Å². The van der Waals surface area contributed by atoms with Crippen molar-refractivity contribution in [2.45, 2.75) is 78.2 Å². The van der Waals surface area contributed by atoms with Gasteiger partial charge in [0.2, 0.25) is 11.8 Å². The molecule has 0 aromatic heterocycles. The summed E-state index contributed by atoms with van der Waals surface area (Å²) in [5, 5.41) is 10.0. The normalized spacial score (nSPS) is 17.1. The Morgan fingerprint density at radius 3 is 2.00 bits per heavy atom. The number of carbonyl (C=O) groups excluding carboxylic acids is 3. The number of aliphatic hydroxyl groups is 1. The first-order chi connectivity index (χ1) is 27.0. The minimum atomic E-state index is -0.491. The fraction of sp³-hybridized carbons (Fsp3) is 0.605. The van der Waals surface area contributed by atoms with Gasteiger partial charge in [0.1, 0.15) is 12.2 Å². The lowest BCUT2D eigenvalue weighted by molar-refractivity contribution is -0.156. The molecule has 0 bridgehead atoms. The molecule has 308 valence electrons. The third kappa shape index (κ3) is 13.4. The number of amides is 2. The minimum absolute atomic E-state index is 0.00273. The highest BCUT2D eigenvalue weighted by atomic mass is 16.6. The van der Waals surface area contributed by atoms with Gasteiger partial charge in [-0.25, -0.2) is 0 Å². The Labute approximate surface area is 331 Å². The van der Waals surface area contributed by atoms with Gasteiger partial charge in [-0.15, -0.1) is 0 Å². The van der Waals surface area contributed by atoms with Crippen molar-refractivity contribution in [3.05, 3.63) is 65.2 Å². The molecule has 2 aliphatic heterocycles. The summed E-state index contributed by atoms with van der Waals surface area (Å²) >= 11 is 0. The zero-order valence-electron chi connectivity index (χ0n) is 33.7. The molecule has 2 aromatic rings. The van der Waals surface area contributed by atoms with E-state index in [0.29, 0.717) is 85.0 Å². The first kappa shape index (κ1) is 43.3. The Morgan fingerprint density at radius 2 is 1.43 bits per heavy atom. The van der Waals surface area contributed by atoms with E-state index in [9.17, 15) is 19.5 Å². The van der Waals surface area contributed by atoms with E-state index in [4.69, 9.17) is 28.4 Å². The molecule has 2 aromatic carbocycles. The molecule has 0 saturated heterocycles. The highest BCUT2D eigenvalue weighted by Gasteiger charge is 2.42. The zero-order valence-corrected chi connectivity index (χ0v) is 33.7. The Hall–Kier alpha value is -3.85. The molecular formula is C43H61N3O10. The summed E-state index contributed by atoms with van der Waals surface area (Å²) in [6.45, 7) is 13.1. The van der Waals surface area contributed by atoms with E-state index in [1.807, 2.05) is 48.8 Å². The second-order valence-electron chi connectivity index (χ2n) is 15.5. The number of anilines is 2. The quantitative estimate of drug-likeness (QED) is 0.131. The molecule has 1 N–H and O–H groups in total. The average molecular weight is 780 g/mol. The number of hydrogen-bond donors (Lipinski definition) is 1. The van der Waals surface area contributed by atoms with Crippen molar-refractivity contribution in [1.82, 2.24) is 4.90 Å². The molecule has 1 fully saturated rings. The van der Waals surface area contributed by atoms with Crippen LogP contribution in [0.15, 0.2) is 48.5 Å². The van der Waals surface area contributed by atoms with Crippen LogP contribution in [0.4, 0.5) is 11.4 Å². The van der Waals surface area contributed by atoms with Crippen LogP contribution in [0.2, 0.25) is 0 Å². The molecule has 13 nitrogen and oxygen atoms in total. The van der Waals surface area contributed by atoms with Crippen LogP contribution in [0.25, 0.3) is 5.57 Å². The first-order valence-electron chi connectivity index (χ1n) is 20.0. The number of ether oxygens (including phenoxy) is 6. The monoisotopic (exact) mass is 779 g/mol. The number of esters is 1. The Balaban J connectivity index is 0.977. The predicted molar refractivity (Wildman–Crippen MR) is 213 cm³/mol. The van der Waals surface area contributed by atoms with Crippen molar-refractivity contribution >= 4 is 34.7 Å². The van der Waals surface area contributed by atoms with E-state index in [0.717, 1.165) is 53.9 Å². The molecular weight excluding hydrogens is 718 g/mol. The zero-order chi connectivity index (χ0) is 39.9. The van der Waals surface area contributed by atoms with Crippen LogP contribution in [0, 0.1) is 5.92 Å². The second kappa shape index (κ2) is 21.6.